The van der Waals surface area contributed by atoms with Crippen LogP contribution in [-0.2, 0) is 24.9 Å². The zero-order valence-electron chi connectivity index (χ0n) is 13.3. The second-order valence-corrected chi connectivity index (χ2v) is 6.09. The van der Waals surface area contributed by atoms with Gasteiger partial charge in [0.2, 0.25) is 5.91 Å². The molecule has 0 aromatic carbocycles. The molecule has 4 rings (SSSR count). The Kier molecular flexibility index (Phi) is 4.16. The molecule has 0 saturated carbocycles. The SMILES string of the molecule is Cc1nn(C)c2c1C(c1cc3n(n1)CCCNC3)CC(=O)N2.Cl. The van der Waals surface area contributed by atoms with Gasteiger partial charge in [-0.1, -0.05) is 0 Å². The summed E-state index contributed by atoms with van der Waals surface area (Å²) in [4.78, 5) is 12.1. The molecule has 4 heterocycles. The summed E-state index contributed by atoms with van der Waals surface area (Å²) in [6, 6.07) is 2.14. The largest absolute Gasteiger partial charge is 0.311 e. The third-order valence-corrected chi connectivity index (χ3v) is 4.53. The molecule has 23 heavy (non-hydrogen) atoms. The molecule has 0 fully saturated rings. The first kappa shape index (κ1) is 16.0. The van der Waals surface area contributed by atoms with Crippen molar-refractivity contribution in [1.82, 2.24) is 24.9 Å². The zero-order chi connectivity index (χ0) is 15.3. The van der Waals surface area contributed by atoms with Crippen LogP contribution in [0.15, 0.2) is 6.07 Å². The number of aryl methyl sites for hydroxylation is 3. The summed E-state index contributed by atoms with van der Waals surface area (Å²) in [5.41, 5.74) is 4.24. The molecule has 0 spiro atoms. The molecule has 7 nitrogen and oxygen atoms in total. The molecule has 2 aromatic heterocycles. The van der Waals surface area contributed by atoms with Gasteiger partial charge >= 0.3 is 0 Å². The van der Waals surface area contributed by atoms with Crippen molar-refractivity contribution in [3.63, 3.8) is 0 Å². The highest BCUT2D eigenvalue weighted by Crippen LogP contribution is 2.38. The van der Waals surface area contributed by atoms with E-state index in [0.29, 0.717) is 6.42 Å². The molecule has 1 unspecified atom stereocenters. The van der Waals surface area contributed by atoms with Crippen LogP contribution in [0.5, 0.6) is 0 Å². The van der Waals surface area contributed by atoms with Gasteiger partial charge < -0.3 is 10.6 Å². The van der Waals surface area contributed by atoms with Gasteiger partial charge in [0.1, 0.15) is 5.82 Å². The summed E-state index contributed by atoms with van der Waals surface area (Å²) in [5, 5.41) is 15.6. The lowest BCUT2D eigenvalue weighted by Gasteiger charge is -2.22. The Balaban J connectivity index is 0.00000156. The van der Waals surface area contributed by atoms with E-state index in [9.17, 15) is 4.79 Å². The maximum Gasteiger partial charge on any atom is 0.226 e. The summed E-state index contributed by atoms with van der Waals surface area (Å²) in [6.07, 6.45) is 1.51. The molecule has 2 N–H and O–H groups in total. The van der Waals surface area contributed by atoms with E-state index in [1.165, 1.54) is 5.69 Å². The number of halogens is 1. The van der Waals surface area contributed by atoms with Crippen LogP contribution in [0.3, 0.4) is 0 Å². The minimum absolute atomic E-state index is 0. The van der Waals surface area contributed by atoms with Gasteiger partial charge in [-0.05, 0) is 26.0 Å². The van der Waals surface area contributed by atoms with E-state index >= 15 is 0 Å². The van der Waals surface area contributed by atoms with Crippen molar-refractivity contribution in [1.29, 1.82) is 0 Å². The smallest absolute Gasteiger partial charge is 0.226 e. The first-order valence-corrected chi connectivity index (χ1v) is 7.74. The van der Waals surface area contributed by atoms with Gasteiger partial charge in [-0.2, -0.15) is 10.2 Å². The minimum atomic E-state index is -0.00289. The molecule has 0 aliphatic carbocycles. The van der Waals surface area contributed by atoms with E-state index in [0.717, 1.165) is 48.8 Å². The molecule has 2 aliphatic rings. The van der Waals surface area contributed by atoms with Gasteiger partial charge in [0.15, 0.2) is 0 Å². The maximum atomic E-state index is 12.1. The van der Waals surface area contributed by atoms with Gasteiger partial charge in [0, 0.05) is 38.0 Å². The van der Waals surface area contributed by atoms with E-state index < -0.39 is 0 Å². The highest BCUT2D eigenvalue weighted by Gasteiger charge is 2.33. The molecule has 2 aliphatic heterocycles. The number of hydrogen-bond donors (Lipinski definition) is 2. The van der Waals surface area contributed by atoms with E-state index in [1.54, 1.807) is 4.68 Å². The van der Waals surface area contributed by atoms with E-state index in [1.807, 2.05) is 14.0 Å². The van der Waals surface area contributed by atoms with Crippen molar-refractivity contribution in [2.45, 2.75) is 38.8 Å². The Morgan fingerprint density at radius 3 is 3.00 bits per heavy atom. The van der Waals surface area contributed by atoms with Crippen LogP contribution in [0.2, 0.25) is 0 Å². The molecule has 0 saturated heterocycles. The predicted octanol–water partition coefficient (Wildman–Crippen LogP) is 1.31. The van der Waals surface area contributed by atoms with Crippen LogP contribution < -0.4 is 10.6 Å². The number of anilines is 1. The second-order valence-electron chi connectivity index (χ2n) is 6.09. The maximum absolute atomic E-state index is 12.1. The van der Waals surface area contributed by atoms with Gasteiger partial charge in [0.25, 0.3) is 0 Å². The average Bonchev–Trinajstić information content (AvgIpc) is 2.92. The Morgan fingerprint density at radius 2 is 2.17 bits per heavy atom. The van der Waals surface area contributed by atoms with Crippen LogP contribution in [0.1, 0.15) is 41.4 Å². The van der Waals surface area contributed by atoms with Crippen molar-refractivity contribution >= 4 is 24.1 Å². The van der Waals surface area contributed by atoms with Crippen molar-refractivity contribution in [3.05, 3.63) is 28.7 Å². The highest BCUT2D eigenvalue weighted by atomic mass is 35.5. The Bertz CT molecular complexity index is 726. The van der Waals surface area contributed by atoms with E-state index in [2.05, 4.69) is 26.5 Å². The predicted molar refractivity (Wildman–Crippen MR) is 88.8 cm³/mol. The molecule has 0 radical (unpaired) electrons. The molecular weight excluding hydrogens is 316 g/mol. The Hall–Kier alpha value is -1.86. The average molecular weight is 337 g/mol. The summed E-state index contributed by atoms with van der Waals surface area (Å²) in [7, 11) is 1.86. The lowest BCUT2D eigenvalue weighted by Crippen LogP contribution is -2.25. The topological polar surface area (TPSA) is 76.8 Å². The van der Waals surface area contributed by atoms with Gasteiger partial charge in [0.05, 0.1) is 17.1 Å². The second kappa shape index (κ2) is 5.98. The summed E-state index contributed by atoms with van der Waals surface area (Å²) in [6.45, 7) is 4.78. The first-order chi connectivity index (χ1) is 10.6. The van der Waals surface area contributed by atoms with Crippen LogP contribution in [0.4, 0.5) is 5.82 Å². The number of nitrogens with zero attached hydrogens (tertiary/aromatic N) is 4. The van der Waals surface area contributed by atoms with Gasteiger partial charge in [-0.25, -0.2) is 0 Å². The first-order valence-electron chi connectivity index (χ1n) is 7.74. The summed E-state index contributed by atoms with van der Waals surface area (Å²) in [5.74, 6) is 0.832. The lowest BCUT2D eigenvalue weighted by atomic mass is 9.89. The quantitative estimate of drug-likeness (QED) is 0.823. The van der Waals surface area contributed by atoms with Crippen molar-refractivity contribution in [2.24, 2.45) is 7.05 Å². The molecule has 2 aromatic rings. The van der Waals surface area contributed by atoms with Crippen molar-refractivity contribution in [2.75, 3.05) is 11.9 Å². The Morgan fingerprint density at radius 1 is 1.35 bits per heavy atom. The number of fused-ring (bicyclic) bond motifs is 2. The summed E-state index contributed by atoms with van der Waals surface area (Å²) >= 11 is 0. The van der Waals surface area contributed by atoms with Crippen LogP contribution >= 0.6 is 12.4 Å². The molecule has 1 atom stereocenters. The normalized spacial score (nSPS) is 20.1. The van der Waals surface area contributed by atoms with Gasteiger partial charge in [-0.15, -0.1) is 12.4 Å². The van der Waals surface area contributed by atoms with Crippen LogP contribution in [0.25, 0.3) is 0 Å². The number of carbonyl (C=O) groups is 1. The summed E-state index contributed by atoms with van der Waals surface area (Å²) < 4.78 is 3.82. The number of aromatic nitrogens is 4. The number of amides is 1. The zero-order valence-corrected chi connectivity index (χ0v) is 14.1. The standard InChI is InChI=1S/C15H20N6O.ClH/c1-9-14-11(7-13(22)17-15(14)20(2)18-9)12-6-10-8-16-4-3-5-21(10)19-12;/h6,11,16H,3-5,7-8H2,1-2H3,(H,17,22);1H. The fourth-order valence-corrected chi connectivity index (χ4v) is 3.52. The third kappa shape index (κ3) is 2.64. The molecular formula is C15H21ClN6O. The minimum Gasteiger partial charge on any atom is -0.311 e. The number of rotatable bonds is 1. The van der Waals surface area contributed by atoms with Crippen LogP contribution in [0, 0.1) is 6.92 Å². The molecule has 0 bridgehead atoms. The number of carbonyl (C=O) groups excluding carboxylic acids is 1. The van der Waals surface area contributed by atoms with Crippen LogP contribution in [-0.4, -0.2) is 32.0 Å². The Labute approximate surface area is 140 Å². The fourth-order valence-electron chi connectivity index (χ4n) is 3.52. The molecule has 124 valence electrons. The van der Waals surface area contributed by atoms with Crippen molar-refractivity contribution in [3.8, 4) is 0 Å². The third-order valence-electron chi connectivity index (χ3n) is 4.53. The van der Waals surface area contributed by atoms with Crippen molar-refractivity contribution < 1.29 is 4.79 Å². The number of nitrogens with one attached hydrogen (secondary N) is 2. The monoisotopic (exact) mass is 336 g/mol. The lowest BCUT2D eigenvalue weighted by molar-refractivity contribution is -0.116. The van der Waals surface area contributed by atoms with E-state index in [-0.39, 0.29) is 24.2 Å². The van der Waals surface area contributed by atoms with E-state index in [4.69, 9.17) is 5.10 Å². The molecule has 1 amide bonds. The fraction of sp³-hybridized carbons (Fsp3) is 0.533. The highest BCUT2D eigenvalue weighted by molar-refractivity contribution is 5.94. The molecule has 8 heteroatoms. The van der Waals surface area contributed by atoms with Gasteiger partial charge in [-0.3, -0.25) is 14.2 Å². The number of hydrogen-bond acceptors (Lipinski definition) is 4.